The summed E-state index contributed by atoms with van der Waals surface area (Å²) in [5, 5.41) is 0. The molecule has 0 amide bonds. The average Bonchev–Trinajstić information content (AvgIpc) is 2.04. The van der Waals surface area contributed by atoms with Gasteiger partial charge in [0.25, 0.3) is 0 Å². The number of benzene rings is 1. The van der Waals surface area contributed by atoms with Crippen LogP contribution in [-0.2, 0) is 22.2 Å². The van der Waals surface area contributed by atoms with Crippen LogP contribution in [0.1, 0.15) is 6.92 Å². The van der Waals surface area contributed by atoms with Gasteiger partial charge in [0, 0.05) is 0 Å². The van der Waals surface area contributed by atoms with E-state index in [2.05, 4.69) is 0 Å². The van der Waals surface area contributed by atoms with Gasteiger partial charge < -0.3 is 0 Å². The normalized spacial score (nSPS) is 10.8. The number of carbonyl (C=O) groups excluding carboxylic acids is 1. The summed E-state index contributed by atoms with van der Waals surface area (Å²) in [5.41, 5.74) is 0. The van der Waals surface area contributed by atoms with Crippen LogP contribution in [0.3, 0.4) is 0 Å². The fourth-order valence-electron chi connectivity index (χ4n) is 0.818. The van der Waals surface area contributed by atoms with Gasteiger partial charge in [-0.3, -0.25) is 0 Å². The zero-order valence-electron chi connectivity index (χ0n) is 7.37. The molecular weight excluding hydrogens is 215 g/mol. The van der Waals surface area contributed by atoms with Crippen molar-refractivity contribution in [3.05, 3.63) is 24.3 Å². The first-order valence-corrected chi connectivity index (χ1v) is 5.56. The average molecular weight is 225 g/mol. The molecule has 4 heteroatoms. The zero-order valence-corrected chi connectivity index (χ0v) is 8.41. The maximum atomic E-state index is 11.0. The van der Waals surface area contributed by atoms with Gasteiger partial charge in [-0.25, -0.2) is 0 Å². The van der Waals surface area contributed by atoms with Crippen molar-refractivity contribution in [3.8, 4) is 5.75 Å². The van der Waals surface area contributed by atoms with Crippen LogP contribution in [0.15, 0.2) is 24.3 Å². The SMILES string of the molecule is CC(=O)Oc1cc[c]([Co]([CH3])=[O])cc1. The molecule has 0 atom stereocenters. The second-order valence-corrected chi connectivity index (χ2v) is 4.15. The first-order valence-electron chi connectivity index (χ1n) is 3.57. The van der Waals surface area contributed by atoms with Crippen LogP contribution in [-0.4, -0.2) is 5.97 Å². The Labute approximate surface area is 80.7 Å². The Balaban J connectivity index is 2.81. The summed E-state index contributed by atoms with van der Waals surface area (Å²) in [6.45, 7) is 1.34. The monoisotopic (exact) mass is 225 g/mol. The summed E-state index contributed by atoms with van der Waals surface area (Å²) < 4.78 is 16.6. The van der Waals surface area contributed by atoms with Gasteiger partial charge in [-0.2, -0.15) is 0 Å². The molecule has 1 aromatic rings. The molecule has 1 aromatic carbocycles. The third-order valence-electron chi connectivity index (χ3n) is 1.33. The van der Waals surface area contributed by atoms with Crippen molar-refractivity contribution in [2.45, 2.75) is 12.8 Å². The van der Waals surface area contributed by atoms with Crippen LogP contribution >= 0.6 is 0 Å². The maximum absolute atomic E-state index is 11.0. The molecule has 3 nitrogen and oxygen atoms in total. The van der Waals surface area contributed by atoms with E-state index in [1.165, 1.54) is 6.92 Å². The number of hydrogen-bond donors (Lipinski definition) is 0. The molecule has 0 aliphatic carbocycles. The molecular formula is C9H10CoO3. The fraction of sp³-hybridized carbons (Fsp3) is 0.222. The van der Waals surface area contributed by atoms with Crippen molar-refractivity contribution >= 4 is 10.5 Å². The molecule has 0 radical (unpaired) electrons. The van der Waals surface area contributed by atoms with Gasteiger partial charge in [0.1, 0.15) is 0 Å². The second kappa shape index (κ2) is 4.29. The number of carbonyl (C=O) groups is 1. The Bertz CT molecular complexity index is 329. The standard InChI is InChI=1S/C8H7O2.CH3.Co.O/c1-7(9)10-8-5-3-2-4-6-8;;;/h3-6H,1H3;1H3;;. The van der Waals surface area contributed by atoms with E-state index in [0.29, 0.717) is 5.75 Å². The zero-order chi connectivity index (χ0) is 9.84. The predicted molar refractivity (Wildman–Crippen MR) is 43.9 cm³/mol. The molecule has 0 fully saturated rings. The van der Waals surface area contributed by atoms with Gasteiger partial charge in [0.15, 0.2) is 0 Å². The first-order chi connectivity index (χ1) is 6.09. The van der Waals surface area contributed by atoms with Gasteiger partial charge in [0.05, 0.1) is 0 Å². The summed E-state index contributed by atoms with van der Waals surface area (Å²) in [5.74, 6) is 1.76. The predicted octanol–water partition coefficient (Wildman–Crippen LogP) is 1.25. The summed E-state index contributed by atoms with van der Waals surface area (Å²) in [6, 6.07) is 6.64. The van der Waals surface area contributed by atoms with Crippen molar-refractivity contribution in [1.82, 2.24) is 0 Å². The van der Waals surface area contributed by atoms with Crippen LogP contribution in [0.4, 0.5) is 0 Å². The van der Waals surface area contributed by atoms with E-state index in [1.54, 1.807) is 30.1 Å². The van der Waals surface area contributed by atoms with E-state index in [0.717, 1.165) is 4.50 Å². The van der Waals surface area contributed by atoms with Crippen LogP contribution < -0.4 is 9.23 Å². The van der Waals surface area contributed by atoms with E-state index < -0.39 is 13.6 Å². The van der Waals surface area contributed by atoms with Crippen LogP contribution in [0, 0.1) is 0 Å². The fourth-order valence-corrected chi connectivity index (χ4v) is 1.48. The molecule has 0 aliphatic rings. The molecule has 0 N–H and O–H groups in total. The molecule has 73 valence electrons. The minimum absolute atomic E-state index is 0.353. The Morgan fingerprint density at radius 1 is 1.31 bits per heavy atom. The number of rotatable bonds is 2. The first kappa shape index (κ1) is 10.1. The van der Waals surface area contributed by atoms with E-state index in [9.17, 15) is 8.66 Å². The second-order valence-electron chi connectivity index (χ2n) is 2.39. The summed E-state index contributed by atoms with van der Waals surface area (Å²) >= 11 is -1.30. The van der Waals surface area contributed by atoms with E-state index in [-0.39, 0.29) is 5.97 Å². The van der Waals surface area contributed by atoms with Crippen LogP contribution in [0.5, 0.6) is 5.75 Å². The molecule has 0 aliphatic heterocycles. The van der Waals surface area contributed by atoms with Crippen LogP contribution in [0.2, 0.25) is 5.86 Å². The van der Waals surface area contributed by atoms with Crippen molar-refractivity contribution < 1.29 is 27.0 Å². The summed E-state index contributed by atoms with van der Waals surface area (Å²) in [4.78, 5) is 10.6. The third kappa shape index (κ3) is 3.08. The van der Waals surface area contributed by atoms with E-state index >= 15 is 0 Å². The van der Waals surface area contributed by atoms with Gasteiger partial charge in [-0.1, -0.05) is 0 Å². The number of esters is 1. The Morgan fingerprint density at radius 3 is 2.23 bits per heavy atom. The van der Waals surface area contributed by atoms with Gasteiger partial charge in [-0.15, -0.1) is 0 Å². The molecule has 0 saturated heterocycles. The van der Waals surface area contributed by atoms with E-state index in [1.807, 2.05) is 0 Å². The Hall–Kier alpha value is -1.00. The molecule has 0 bridgehead atoms. The van der Waals surface area contributed by atoms with E-state index in [4.69, 9.17) is 4.74 Å². The molecule has 0 unspecified atom stereocenters. The molecule has 1 rings (SSSR count). The van der Waals surface area contributed by atoms with Crippen molar-refractivity contribution in [1.29, 1.82) is 0 Å². The van der Waals surface area contributed by atoms with Gasteiger partial charge in [0.2, 0.25) is 0 Å². The summed E-state index contributed by atoms with van der Waals surface area (Å²) in [7, 11) is 0. The topological polar surface area (TPSA) is 43.4 Å². The van der Waals surface area contributed by atoms with Crippen molar-refractivity contribution in [2.24, 2.45) is 0 Å². The molecule has 0 heterocycles. The minimum atomic E-state index is -1.30. The van der Waals surface area contributed by atoms with Crippen LogP contribution in [0.25, 0.3) is 0 Å². The van der Waals surface area contributed by atoms with Gasteiger partial charge >= 0.3 is 80.2 Å². The molecule has 0 aromatic heterocycles. The Kier molecular flexibility index (Phi) is 3.33. The quantitative estimate of drug-likeness (QED) is 0.562. The molecule has 0 spiro atoms. The van der Waals surface area contributed by atoms with Gasteiger partial charge in [-0.05, 0) is 0 Å². The molecule has 13 heavy (non-hydrogen) atoms. The molecule has 0 saturated carbocycles. The third-order valence-corrected chi connectivity index (χ3v) is 2.52. The van der Waals surface area contributed by atoms with Crippen molar-refractivity contribution in [3.63, 3.8) is 0 Å². The summed E-state index contributed by atoms with van der Waals surface area (Å²) in [6.07, 6.45) is 0. The number of ether oxygens (including phenoxy) is 1. The number of hydrogen-bond acceptors (Lipinski definition) is 3. The Morgan fingerprint density at radius 2 is 1.85 bits per heavy atom. The van der Waals surface area contributed by atoms with Crippen molar-refractivity contribution in [2.75, 3.05) is 0 Å².